The SMILES string of the molecule is Cc1cc2sc(N3CCC[C@@H]3C(=O)CCc3ccccc3)nc2nc1C. The number of carbonyl (C=O) groups excluding carboxylic acids is 1. The molecule has 1 saturated heterocycles. The summed E-state index contributed by atoms with van der Waals surface area (Å²) in [6, 6.07) is 12.4. The molecule has 0 bridgehead atoms. The second-order valence-corrected chi connectivity index (χ2v) is 8.02. The Bertz CT molecular complexity index is 896. The van der Waals surface area contributed by atoms with Crippen LogP contribution in [0.5, 0.6) is 0 Å². The Balaban J connectivity index is 1.51. The quantitative estimate of drug-likeness (QED) is 0.669. The minimum absolute atomic E-state index is 0.0403. The maximum Gasteiger partial charge on any atom is 0.188 e. The van der Waals surface area contributed by atoms with Crippen LogP contribution in [0.15, 0.2) is 36.4 Å². The zero-order valence-electron chi connectivity index (χ0n) is 15.2. The van der Waals surface area contributed by atoms with Gasteiger partial charge in [-0.1, -0.05) is 41.7 Å². The number of hydrogen-bond acceptors (Lipinski definition) is 5. The van der Waals surface area contributed by atoms with Crippen LogP contribution in [0.4, 0.5) is 5.13 Å². The third kappa shape index (κ3) is 3.36. The van der Waals surface area contributed by atoms with E-state index in [0.29, 0.717) is 12.2 Å². The summed E-state index contributed by atoms with van der Waals surface area (Å²) in [5, 5.41) is 0.938. The van der Waals surface area contributed by atoms with E-state index < -0.39 is 0 Å². The number of benzene rings is 1. The topological polar surface area (TPSA) is 46.1 Å². The van der Waals surface area contributed by atoms with Crippen LogP contribution in [0.3, 0.4) is 0 Å². The monoisotopic (exact) mass is 365 g/mol. The van der Waals surface area contributed by atoms with Gasteiger partial charge in [0.15, 0.2) is 16.6 Å². The normalized spacial score (nSPS) is 17.2. The van der Waals surface area contributed by atoms with E-state index in [4.69, 9.17) is 4.98 Å². The van der Waals surface area contributed by atoms with Crippen LogP contribution in [0.1, 0.15) is 36.1 Å². The number of anilines is 1. The van der Waals surface area contributed by atoms with Gasteiger partial charge in [0.25, 0.3) is 0 Å². The van der Waals surface area contributed by atoms with Gasteiger partial charge in [0, 0.05) is 18.7 Å². The molecule has 0 radical (unpaired) electrons. The number of Topliss-reactive ketones (excluding diaryl/α,β-unsaturated/α-hetero) is 1. The number of aryl methyl sites for hydroxylation is 3. The zero-order valence-corrected chi connectivity index (χ0v) is 16.1. The number of thiazole rings is 1. The average molecular weight is 366 g/mol. The lowest BCUT2D eigenvalue weighted by atomic mass is 10.0. The van der Waals surface area contributed by atoms with E-state index in [9.17, 15) is 4.79 Å². The van der Waals surface area contributed by atoms with Gasteiger partial charge in [-0.2, -0.15) is 4.98 Å². The van der Waals surface area contributed by atoms with Crippen molar-refractivity contribution in [1.29, 1.82) is 0 Å². The van der Waals surface area contributed by atoms with Crippen LogP contribution in [0, 0.1) is 13.8 Å². The molecule has 1 atom stereocenters. The van der Waals surface area contributed by atoms with Gasteiger partial charge in [-0.05, 0) is 50.3 Å². The van der Waals surface area contributed by atoms with Crippen LogP contribution < -0.4 is 4.90 Å². The van der Waals surface area contributed by atoms with E-state index in [1.807, 2.05) is 25.1 Å². The standard InChI is InChI=1S/C21H23N3OS/c1-14-13-19-20(22-15(14)2)23-21(26-19)24-12-6-9-17(24)18(25)11-10-16-7-4-3-5-8-16/h3-5,7-8,13,17H,6,9-12H2,1-2H3/t17-/m1/s1. The summed E-state index contributed by atoms with van der Waals surface area (Å²) in [6.45, 7) is 4.99. The zero-order chi connectivity index (χ0) is 18.1. The molecule has 3 aromatic rings. The highest BCUT2D eigenvalue weighted by Crippen LogP contribution is 2.34. The number of aromatic nitrogens is 2. The molecule has 0 N–H and O–H groups in total. The van der Waals surface area contributed by atoms with Gasteiger partial charge in [0.2, 0.25) is 0 Å². The number of carbonyl (C=O) groups is 1. The van der Waals surface area contributed by atoms with Crippen molar-refractivity contribution in [1.82, 2.24) is 9.97 Å². The molecular formula is C21H23N3OS. The highest BCUT2D eigenvalue weighted by Gasteiger charge is 2.32. The van der Waals surface area contributed by atoms with Crippen molar-refractivity contribution in [2.45, 2.75) is 45.6 Å². The molecule has 5 heteroatoms. The van der Waals surface area contributed by atoms with Crippen LogP contribution in [-0.4, -0.2) is 28.3 Å². The molecule has 0 unspecified atom stereocenters. The molecule has 134 valence electrons. The van der Waals surface area contributed by atoms with E-state index >= 15 is 0 Å². The first-order chi connectivity index (χ1) is 12.6. The van der Waals surface area contributed by atoms with Crippen molar-refractivity contribution in [3.05, 3.63) is 53.2 Å². The van der Waals surface area contributed by atoms with Gasteiger partial charge < -0.3 is 4.90 Å². The van der Waals surface area contributed by atoms with E-state index in [0.717, 1.165) is 47.0 Å². The lowest BCUT2D eigenvalue weighted by Crippen LogP contribution is -2.36. The number of pyridine rings is 1. The Morgan fingerprint density at radius 2 is 2.04 bits per heavy atom. The molecule has 4 rings (SSSR count). The molecular weight excluding hydrogens is 342 g/mol. The predicted molar refractivity (Wildman–Crippen MR) is 107 cm³/mol. The molecule has 0 spiro atoms. The largest absolute Gasteiger partial charge is 0.338 e. The highest BCUT2D eigenvalue weighted by atomic mass is 32.1. The van der Waals surface area contributed by atoms with Crippen LogP contribution in [-0.2, 0) is 11.2 Å². The van der Waals surface area contributed by atoms with Crippen LogP contribution in [0.25, 0.3) is 10.3 Å². The second kappa shape index (κ2) is 7.16. The fourth-order valence-corrected chi connectivity index (χ4v) is 4.65. The minimum Gasteiger partial charge on any atom is -0.338 e. The van der Waals surface area contributed by atoms with Gasteiger partial charge in [0.1, 0.15) is 0 Å². The molecule has 3 heterocycles. The second-order valence-electron chi connectivity index (χ2n) is 7.01. The Morgan fingerprint density at radius 1 is 1.23 bits per heavy atom. The lowest BCUT2D eigenvalue weighted by Gasteiger charge is -2.22. The van der Waals surface area contributed by atoms with Crippen LogP contribution in [0.2, 0.25) is 0 Å². The number of ketones is 1. The van der Waals surface area contributed by atoms with Gasteiger partial charge in [0.05, 0.1) is 10.7 Å². The molecule has 26 heavy (non-hydrogen) atoms. The maximum atomic E-state index is 12.8. The minimum atomic E-state index is -0.0403. The number of nitrogens with zero attached hydrogens (tertiary/aromatic N) is 3. The summed E-state index contributed by atoms with van der Waals surface area (Å²) in [5.41, 5.74) is 4.23. The van der Waals surface area contributed by atoms with E-state index in [1.165, 1.54) is 11.1 Å². The molecule has 1 aromatic carbocycles. The first-order valence-corrected chi connectivity index (χ1v) is 10.0. The van der Waals surface area contributed by atoms with Crippen molar-refractivity contribution < 1.29 is 4.79 Å². The third-order valence-corrected chi connectivity index (χ3v) is 6.22. The van der Waals surface area contributed by atoms with Gasteiger partial charge in [-0.15, -0.1) is 0 Å². The Hall–Kier alpha value is -2.27. The van der Waals surface area contributed by atoms with Crippen LogP contribution >= 0.6 is 11.3 Å². The Morgan fingerprint density at radius 3 is 2.85 bits per heavy atom. The summed E-state index contributed by atoms with van der Waals surface area (Å²) >= 11 is 1.65. The maximum absolute atomic E-state index is 12.8. The fourth-order valence-electron chi connectivity index (χ4n) is 3.57. The number of fused-ring (bicyclic) bond motifs is 1. The number of hydrogen-bond donors (Lipinski definition) is 0. The van der Waals surface area contributed by atoms with Crippen molar-refractivity contribution >= 4 is 32.6 Å². The first-order valence-electron chi connectivity index (χ1n) is 9.20. The lowest BCUT2D eigenvalue weighted by molar-refractivity contribution is -0.120. The van der Waals surface area contributed by atoms with Crippen molar-refractivity contribution in [3.63, 3.8) is 0 Å². The predicted octanol–water partition coefficient (Wildman–Crippen LogP) is 4.48. The third-order valence-electron chi connectivity index (χ3n) is 5.19. The van der Waals surface area contributed by atoms with Crippen molar-refractivity contribution in [2.24, 2.45) is 0 Å². The van der Waals surface area contributed by atoms with Crippen molar-refractivity contribution in [3.8, 4) is 0 Å². The Kier molecular flexibility index (Phi) is 4.72. The first kappa shape index (κ1) is 17.2. The van der Waals surface area contributed by atoms with E-state index in [2.05, 4.69) is 35.0 Å². The van der Waals surface area contributed by atoms with Crippen molar-refractivity contribution in [2.75, 3.05) is 11.4 Å². The smallest absolute Gasteiger partial charge is 0.188 e. The van der Waals surface area contributed by atoms with Gasteiger partial charge >= 0.3 is 0 Å². The molecule has 0 amide bonds. The molecule has 2 aromatic heterocycles. The fraction of sp³-hybridized carbons (Fsp3) is 0.381. The number of rotatable bonds is 5. The summed E-state index contributed by atoms with van der Waals surface area (Å²) in [6.07, 6.45) is 3.37. The molecule has 1 fully saturated rings. The average Bonchev–Trinajstić information content (AvgIpc) is 3.27. The summed E-state index contributed by atoms with van der Waals surface area (Å²) in [4.78, 5) is 24.4. The summed E-state index contributed by atoms with van der Waals surface area (Å²) < 4.78 is 1.10. The van der Waals surface area contributed by atoms with Gasteiger partial charge in [-0.25, -0.2) is 4.98 Å². The summed E-state index contributed by atoms with van der Waals surface area (Å²) in [7, 11) is 0. The molecule has 1 aliphatic rings. The Labute approximate surface area is 157 Å². The summed E-state index contributed by atoms with van der Waals surface area (Å²) in [5.74, 6) is 0.325. The van der Waals surface area contributed by atoms with E-state index in [1.54, 1.807) is 11.3 Å². The molecule has 4 nitrogen and oxygen atoms in total. The molecule has 0 saturated carbocycles. The molecule has 0 aliphatic carbocycles. The molecule has 1 aliphatic heterocycles. The highest BCUT2D eigenvalue weighted by molar-refractivity contribution is 7.22. The van der Waals surface area contributed by atoms with Gasteiger partial charge in [-0.3, -0.25) is 4.79 Å². The van der Waals surface area contributed by atoms with E-state index in [-0.39, 0.29) is 6.04 Å².